The van der Waals surface area contributed by atoms with E-state index in [1.165, 1.54) is 12.8 Å². The summed E-state index contributed by atoms with van der Waals surface area (Å²) in [5, 5.41) is 0. The molecule has 1 saturated carbocycles. The van der Waals surface area contributed by atoms with Crippen LogP contribution in [0.4, 0.5) is 0 Å². The topological polar surface area (TPSA) is 3.24 Å². The van der Waals surface area contributed by atoms with E-state index < -0.39 is 0 Å². The molecule has 1 aliphatic rings. The Morgan fingerprint density at radius 1 is 1.11 bits per heavy atom. The van der Waals surface area contributed by atoms with Crippen molar-refractivity contribution in [3.8, 4) is 0 Å². The molecule has 1 unspecified atom stereocenters. The van der Waals surface area contributed by atoms with Gasteiger partial charge in [0.15, 0.2) is 0 Å². The van der Waals surface area contributed by atoms with Crippen LogP contribution in [0, 0.1) is 11.3 Å². The molecule has 0 aliphatic heterocycles. The van der Waals surface area contributed by atoms with Crippen molar-refractivity contribution in [2.75, 3.05) is 13.6 Å². The number of rotatable bonds is 2. The van der Waals surface area contributed by atoms with Gasteiger partial charge in [0.2, 0.25) is 0 Å². The van der Waals surface area contributed by atoms with Gasteiger partial charge in [0, 0.05) is 6.04 Å². The molecular weight excluding hydrogens is 218 g/mol. The maximum atomic E-state index is 2.35. The Morgan fingerprint density at radius 2 is 1.44 bits per heavy atom. The summed E-state index contributed by atoms with van der Waals surface area (Å²) in [5.41, 5.74) is 0.681. The van der Waals surface area contributed by atoms with E-state index in [9.17, 15) is 0 Å². The van der Waals surface area contributed by atoms with E-state index in [2.05, 4.69) is 53.5 Å². The minimum absolute atomic E-state index is 0.681. The Labute approximate surface area is 118 Å². The summed E-state index contributed by atoms with van der Waals surface area (Å²) in [6.07, 6.45) is 2.89. The summed E-state index contributed by atoms with van der Waals surface area (Å²) in [5.74, 6) is 0.979. The van der Waals surface area contributed by atoms with Crippen molar-refractivity contribution in [1.29, 1.82) is 0 Å². The van der Waals surface area contributed by atoms with Gasteiger partial charge in [-0.15, -0.1) is 0 Å². The average Bonchev–Trinajstić information content (AvgIpc) is 2.41. The van der Waals surface area contributed by atoms with Crippen LogP contribution >= 0.6 is 0 Å². The van der Waals surface area contributed by atoms with E-state index >= 15 is 0 Å². The third-order valence-electron chi connectivity index (χ3n) is 3.94. The van der Waals surface area contributed by atoms with Crippen LogP contribution in [0.25, 0.3) is 0 Å². The van der Waals surface area contributed by atoms with Crippen LogP contribution in [0.15, 0.2) is 0 Å². The SMILES string of the molecule is CC.CC.CC1CCC1(C)C.CCN(C)C(C)C. The van der Waals surface area contributed by atoms with E-state index in [1.807, 2.05) is 27.7 Å². The fourth-order valence-electron chi connectivity index (χ4n) is 1.38. The van der Waals surface area contributed by atoms with Crippen molar-refractivity contribution in [2.45, 2.75) is 88.1 Å². The molecule has 0 aromatic rings. The van der Waals surface area contributed by atoms with E-state index in [1.54, 1.807) is 0 Å². The summed E-state index contributed by atoms with van der Waals surface area (Å²) in [7, 11) is 2.13. The molecule has 0 heterocycles. The lowest BCUT2D eigenvalue weighted by Crippen LogP contribution is -2.31. The summed E-state index contributed by atoms with van der Waals surface area (Å²) >= 11 is 0. The van der Waals surface area contributed by atoms with Gasteiger partial charge < -0.3 is 4.90 Å². The fourth-order valence-corrected chi connectivity index (χ4v) is 1.38. The summed E-state index contributed by atoms with van der Waals surface area (Å²) in [6, 6.07) is 0.699. The fraction of sp³-hybridized carbons (Fsp3) is 1.00. The normalized spacial score (nSPS) is 19.5. The maximum absolute atomic E-state index is 2.35. The molecule has 0 aromatic heterocycles. The molecule has 1 aliphatic carbocycles. The second-order valence-corrected chi connectivity index (χ2v) is 5.60. The third-order valence-corrected chi connectivity index (χ3v) is 3.94. The summed E-state index contributed by atoms with van der Waals surface area (Å²) in [6.45, 7) is 22.7. The monoisotopic (exact) mass is 259 g/mol. The molecule has 1 fully saturated rings. The van der Waals surface area contributed by atoms with Gasteiger partial charge in [0.05, 0.1) is 0 Å². The Morgan fingerprint density at radius 3 is 1.44 bits per heavy atom. The summed E-state index contributed by atoms with van der Waals surface area (Å²) in [4.78, 5) is 2.29. The Hall–Kier alpha value is -0.0400. The zero-order valence-electron chi connectivity index (χ0n) is 15.2. The highest BCUT2D eigenvalue weighted by molar-refractivity contribution is 4.84. The van der Waals surface area contributed by atoms with Crippen LogP contribution in [-0.2, 0) is 0 Å². The second-order valence-electron chi connectivity index (χ2n) is 5.60. The molecule has 1 rings (SSSR count). The van der Waals surface area contributed by atoms with Gasteiger partial charge in [-0.2, -0.15) is 0 Å². The van der Waals surface area contributed by atoms with Crippen LogP contribution in [0.1, 0.15) is 82.1 Å². The minimum Gasteiger partial charge on any atom is -0.304 e. The first-order chi connectivity index (χ1) is 8.31. The Kier molecular flexibility index (Phi) is 17.2. The van der Waals surface area contributed by atoms with Crippen molar-refractivity contribution in [3.05, 3.63) is 0 Å². The predicted molar refractivity (Wildman–Crippen MR) is 88.3 cm³/mol. The number of hydrogen-bond acceptors (Lipinski definition) is 1. The highest BCUT2D eigenvalue weighted by atomic mass is 15.1. The molecule has 0 amide bonds. The molecule has 0 radical (unpaired) electrons. The molecule has 114 valence electrons. The lowest BCUT2D eigenvalue weighted by molar-refractivity contribution is 0.0892. The second kappa shape index (κ2) is 13.4. The van der Waals surface area contributed by atoms with Gasteiger partial charge in [0.25, 0.3) is 0 Å². The van der Waals surface area contributed by atoms with Crippen LogP contribution in [0.3, 0.4) is 0 Å². The molecule has 0 bridgehead atoms. The van der Waals surface area contributed by atoms with Gasteiger partial charge in [-0.05, 0) is 51.6 Å². The predicted octanol–water partition coefficient (Wildman–Crippen LogP) is 5.84. The van der Waals surface area contributed by atoms with Crippen molar-refractivity contribution in [1.82, 2.24) is 4.90 Å². The molecule has 1 nitrogen and oxygen atoms in total. The summed E-state index contributed by atoms with van der Waals surface area (Å²) < 4.78 is 0. The standard InChI is InChI=1S/C7H14.C6H15N.2C2H6/c1-6-4-5-7(6,2)3;1-5-7(4)6(2)3;2*1-2/h6H,4-5H2,1-3H3;6H,5H2,1-4H3;2*1-2H3. The zero-order chi connectivity index (χ0) is 15.4. The minimum atomic E-state index is 0.681. The van der Waals surface area contributed by atoms with Crippen LogP contribution in [0.5, 0.6) is 0 Å². The van der Waals surface area contributed by atoms with Crippen molar-refractivity contribution < 1.29 is 0 Å². The smallest absolute Gasteiger partial charge is 0.00354 e. The first kappa shape index (κ1) is 23.1. The van der Waals surface area contributed by atoms with Crippen molar-refractivity contribution in [2.24, 2.45) is 11.3 Å². The highest BCUT2D eigenvalue weighted by Gasteiger charge is 2.34. The molecule has 1 atom stereocenters. The molecule has 1 heteroatoms. The first-order valence-electron chi connectivity index (χ1n) is 8.01. The van der Waals surface area contributed by atoms with Crippen LogP contribution in [-0.4, -0.2) is 24.5 Å². The molecular formula is C17H41N. The molecule has 0 saturated heterocycles. The molecule has 0 N–H and O–H groups in total. The van der Waals surface area contributed by atoms with Crippen LogP contribution in [0.2, 0.25) is 0 Å². The van der Waals surface area contributed by atoms with E-state index in [0.717, 1.165) is 12.5 Å². The van der Waals surface area contributed by atoms with Gasteiger partial charge in [-0.25, -0.2) is 0 Å². The quantitative estimate of drug-likeness (QED) is 0.602. The van der Waals surface area contributed by atoms with Gasteiger partial charge in [-0.1, -0.05) is 55.4 Å². The van der Waals surface area contributed by atoms with Gasteiger partial charge in [-0.3, -0.25) is 0 Å². The third kappa shape index (κ3) is 11.1. The van der Waals surface area contributed by atoms with Gasteiger partial charge in [0.1, 0.15) is 0 Å². The number of nitrogens with zero attached hydrogens (tertiary/aromatic N) is 1. The molecule has 0 spiro atoms. The van der Waals surface area contributed by atoms with Gasteiger partial charge >= 0.3 is 0 Å². The highest BCUT2D eigenvalue weighted by Crippen LogP contribution is 2.45. The van der Waals surface area contributed by atoms with Crippen molar-refractivity contribution in [3.63, 3.8) is 0 Å². The lowest BCUT2D eigenvalue weighted by atomic mass is 9.64. The first-order valence-corrected chi connectivity index (χ1v) is 8.01. The average molecular weight is 260 g/mol. The number of hydrogen-bond donors (Lipinski definition) is 0. The van der Waals surface area contributed by atoms with Crippen LogP contribution < -0.4 is 0 Å². The zero-order valence-corrected chi connectivity index (χ0v) is 15.2. The van der Waals surface area contributed by atoms with E-state index in [0.29, 0.717) is 11.5 Å². The van der Waals surface area contributed by atoms with Crippen molar-refractivity contribution >= 4 is 0 Å². The maximum Gasteiger partial charge on any atom is 0.00354 e. The Bertz CT molecular complexity index is 148. The van der Waals surface area contributed by atoms with E-state index in [4.69, 9.17) is 0 Å². The molecule has 0 aromatic carbocycles. The molecule has 18 heavy (non-hydrogen) atoms. The largest absolute Gasteiger partial charge is 0.304 e. The lowest BCUT2D eigenvalue weighted by Gasteiger charge is -2.42. The van der Waals surface area contributed by atoms with E-state index in [-0.39, 0.29) is 0 Å². The Balaban J connectivity index is -0.000000196.